The highest BCUT2D eigenvalue weighted by atomic mass is 15.5. The van der Waals surface area contributed by atoms with Gasteiger partial charge in [0.1, 0.15) is 12.0 Å². The minimum absolute atomic E-state index is 0.126. The van der Waals surface area contributed by atoms with Crippen LogP contribution in [0.5, 0.6) is 0 Å². The summed E-state index contributed by atoms with van der Waals surface area (Å²) in [4.78, 5) is 7.34. The van der Waals surface area contributed by atoms with Crippen LogP contribution in [0.1, 0.15) is 59.3 Å². The lowest BCUT2D eigenvalue weighted by atomic mass is 9.71. The topological polar surface area (TPSA) is 46.0 Å². The number of hydrogen-bond acceptors (Lipinski definition) is 4. The zero-order valence-electron chi connectivity index (χ0n) is 17.5. The largest absolute Gasteiger partial charge is 0.360 e. The standard InChI is InChI=1S/C23H33N5/c1-22(2,3)17-8-10-18(11-9-17)27-14-12-23(13-15-27)26-20-7-5-4-6-19(20)21-24-16-25-28(21)23/h4-7,16-18,26H,8-15H2,1-3H3. The number of nitrogens with one attached hydrogen (secondary N) is 1. The Morgan fingerprint density at radius 3 is 2.46 bits per heavy atom. The lowest BCUT2D eigenvalue weighted by Crippen LogP contribution is -2.55. The highest BCUT2D eigenvalue weighted by Crippen LogP contribution is 2.44. The van der Waals surface area contributed by atoms with E-state index in [1.54, 1.807) is 6.33 Å². The van der Waals surface area contributed by atoms with E-state index in [9.17, 15) is 0 Å². The summed E-state index contributed by atoms with van der Waals surface area (Å²) in [6.07, 6.45) is 9.36. The average Bonchev–Trinajstić information content (AvgIpc) is 3.20. The molecular formula is C23H33N5. The molecule has 0 amide bonds. The summed E-state index contributed by atoms with van der Waals surface area (Å²) in [6.45, 7) is 9.50. The van der Waals surface area contributed by atoms with E-state index in [0.29, 0.717) is 5.41 Å². The van der Waals surface area contributed by atoms with Crippen molar-refractivity contribution in [1.82, 2.24) is 19.7 Å². The van der Waals surface area contributed by atoms with Gasteiger partial charge in [-0.15, -0.1) is 0 Å². The van der Waals surface area contributed by atoms with Gasteiger partial charge in [0.05, 0.1) is 0 Å². The Bertz CT molecular complexity index is 833. The normalized spacial score (nSPS) is 27.1. The number of para-hydroxylation sites is 1. The SMILES string of the molecule is CC(C)(C)C1CCC(N2CCC3(CC2)Nc2ccccc2-c2ncnn23)CC1. The molecule has 0 radical (unpaired) electrons. The number of benzene rings is 1. The van der Waals surface area contributed by atoms with Gasteiger partial charge in [-0.1, -0.05) is 32.9 Å². The van der Waals surface area contributed by atoms with Crippen LogP contribution in [0, 0.1) is 11.3 Å². The van der Waals surface area contributed by atoms with Crippen molar-refractivity contribution in [1.29, 1.82) is 0 Å². The molecule has 2 aliphatic heterocycles. The van der Waals surface area contributed by atoms with E-state index in [0.717, 1.165) is 49.3 Å². The molecule has 5 nitrogen and oxygen atoms in total. The number of hydrogen-bond donors (Lipinski definition) is 1. The molecule has 2 fully saturated rings. The van der Waals surface area contributed by atoms with E-state index in [4.69, 9.17) is 0 Å². The van der Waals surface area contributed by atoms with E-state index < -0.39 is 0 Å². The third-order valence-electron chi connectivity index (χ3n) is 7.55. The van der Waals surface area contributed by atoms with Crippen molar-refractivity contribution in [3.8, 4) is 11.4 Å². The zero-order valence-corrected chi connectivity index (χ0v) is 17.5. The van der Waals surface area contributed by atoms with Gasteiger partial charge in [0.25, 0.3) is 0 Å². The van der Waals surface area contributed by atoms with E-state index in [-0.39, 0.29) is 5.66 Å². The van der Waals surface area contributed by atoms with E-state index in [2.05, 4.69) is 70.0 Å². The summed E-state index contributed by atoms with van der Waals surface area (Å²) in [5, 5.41) is 8.47. The van der Waals surface area contributed by atoms with Crippen molar-refractivity contribution >= 4 is 5.69 Å². The Balaban J connectivity index is 1.29. The summed E-state index contributed by atoms with van der Waals surface area (Å²) < 4.78 is 2.16. The van der Waals surface area contributed by atoms with E-state index in [1.165, 1.54) is 31.4 Å². The molecule has 3 aliphatic rings. The lowest BCUT2D eigenvalue weighted by molar-refractivity contribution is 0.0483. The summed E-state index contributed by atoms with van der Waals surface area (Å²) >= 11 is 0. The van der Waals surface area contributed by atoms with Crippen LogP contribution < -0.4 is 5.32 Å². The summed E-state index contributed by atoms with van der Waals surface area (Å²) in [5.74, 6) is 1.89. The Morgan fingerprint density at radius 2 is 1.75 bits per heavy atom. The Hall–Kier alpha value is -1.88. The Morgan fingerprint density at radius 1 is 1.04 bits per heavy atom. The minimum atomic E-state index is -0.126. The van der Waals surface area contributed by atoms with Crippen LogP contribution in [0.3, 0.4) is 0 Å². The predicted octanol–water partition coefficient (Wildman–Crippen LogP) is 4.72. The molecule has 1 spiro atoms. The van der Waals surface area contributed by atoms with Crippen LogP contribution in [0.15, 0.2) is 30.6 Å². The molecule has 2 aromatic rings. The smallest absolute Gasteiger partial charge is 0.162 e. The molecule has 1 aliphatic carbocycles. The van der Waals surface area contributed by atoms with Gasteiger partial charge in [-0.3, -0.25) is 0 Å². The fraction of sp³-hybridized carbons (Fsp3) is 0.652. The number of likely N-dealkylation sites (tertiary alicyclic amines) is 1. The van der Waals surface area contributed by atoms with Gasteiger partial charge in [-0.05, 0) is 49.1 Å². The molecule has 5 heteroatoms. The summed E-state index contributed by atoms with van der Waals surface area (Å²) in [7, 11) is 0. The number of anilines is 1. The Labute approximate surface area is 168 Å². The molecule has 0 atom stereocenters. The van der Waals surface area contributed by atoms with Crippen LogP contribution in [0.25, 0.3) is 11.4 Å². The third kappa shape index (κ3) is 2.95. The summed E-state index contributed by atoms with van der Waals surface area (Å²) in [5.41, 5.74) is 2.69. The third-order valence-corrected chi connectivity index (χ3v) is 7.55. The molecule has 3 heterocycles. The number of rotatable bonds is 1. The summed E-state index contributed by atoms with van der Waals surface area (Å²) in [6, 6.07) is 9.26. The van der Waals surface area contributed by atoms with E-state index >= 15 is 0 Å². The highest BCUT2D eigenvalue weighted by Gasteiger charge is 2.43. The number of piperidine rings is 1. The van der Waals surface area contributed by atoms with Gasteiger partial charge in [-0.2, -0.15) is 5.10 Å². The van der Waals surface area contributed by atoms with Crippen LogP contribution in [-0.2, 0) is 5.66 Å². The van der Waals surface area contributed by atoms with Crippen molar-refractivity contribution in [2.45, 2.75) is 71.0 Å². The van der Waals surface area contributed by atoms with Crippen LogP contribution >= 0.6 is 0 Å². The second kappa shape index (κ2) is 6.58. The van der Waals surface area contributed by atoms with E-state index in [1.807, 2.05) is 0 Å². The second-order valence-corrected chi connectivity index (χ2v) is 10.1. The maximum absolute atomic E-state index is 4.63. The molecule has 150 valence electrons. The number of aromatic nitrogens is 3. The second-order valence-electron chi connectivity index (χ2n) is 10.1. The van der Waals surface area contributed by atoms with Gasteiger partial charge >= 0.3 is 0 Å². The molecule has 1 saturated heterocycles. The lowest BCUT2D eigenvalue weighted by Gasteiger charge is -2.49. The Kier molecular flexibility index (Phi) is 4.27. The van der Waals surface area contributed by atoms with Gasteiger partial charge in [0.15, 0.2) is 5.82 Å². The highest BCUT2D eigenvalue weighted by molar-refractivity contribution is 5.76. The number of fused-ring (bicyclic) bond motifs is 4. The maximum Gasteiger partial charge on any atom is 0.162 e. The molecule has 28 heavy (non-hydrogen) atoms. The first kappa shape index (κ1) is 18.2. The van der Waals surface area contributed by atoms with Gasteiger partial charge in [0.2, 0.25) is 0 Å². The first-order valence-corrected chi connectivity index (χ1v) is 11.0. The fourth-order valence-electron chi connectivity index (χ4n) is 5.73. The van der Waals surface area contributed by atoms with Crippen LogP contribution in [0.2, 0.25) is 0 Å². The van der Waals surface area contributed by atoms with Crippen molar-refractivity contribution in [3.05, 3.63) is 30.6 Å². The van der Waals surface area contributed by atoms with Gasteiger partial charge < -0.3 is 10.2 Å². The molecule has 1 saturated carbocycles. The molecule has 0 unspecified atom stereocenters. The van der Waals surface area contributed by atoms with Gasteiger partial charge in [-0.25, -0.2) is 9.67 Å². The molecule has 1 aromatic carbocycles. The maximum atomic E-state index is 4.63. The average molecular weight is 380 g/mol. The fourth-order valence-corrected chi connectivity index (χ4v) is 5.73. The molecule has 5 rings (SSSR count). The van der Waals surface area contributed by atoms with Crippen molar-refractivity contribution in [3.63, 3.8) is 0 Å². The number of nitrogens with zero attached hydrogens (tertiary/aromatic N) is 4. The quantitative estimate of drug-likeness (QED) is 0.778. The zero-order chi connectivity index (χ0) is 19.4. The molecular weight excluding hydrogens is 346 g/mol. The first-order chi connectivity index (χ1) is 13.5. The molecule has 1 N–H and O–H groups in total. The first-order valence-electron chi connectivity index (χ1n) is 11.0. The van der Waals surface area contributed by atoms with Crippen molar-refractivity contribution in [2.24, 2.45) is 11.3 Å². The van der Waals surface area contributed by atoms with Gasteiger partial charge in [0, 0.05) is 43.2 Å². The minimum Gasteiger partial charge on any atom is -0.360 e. The van der Waals surface area contributed by atoms with Crippen molar-refractivity contribution in [2.75, 3.05) is 18.4 Å². The monoisotopic (exact) mass is 379 g/mol. The molecule has 1 aromatic heterocycles. The van der Waals surface area contributed by atoms with Crippen LogP contribution in [0.4, 0.5) is 5.69 Å². The van der Waals surface area contributed by atoms with Crippen molar-refractivity contribution < 1.29 is 0 Å². The predicted molar refractivity (Wildman–Crippen MR) is 113 cm³/mol. The van der Waals surface area contributed by atoms with Crippen LogP contribution in [-0.4, -0.2) is 38.8 Å². The molecule has 0 bridgehead atoms.